The van der Waals surface area contributed by atoms with Crippen molar-refractivity contribution in [3.63, 3.8) is 0 Å². The van der Waals surface area contributed by atoms with Gasteiger partial charge in [-0.05, 0) is 77.1 Å². The Morgan fingerprint density at radius 2 is 0.855 bits per heavy atom. The van der Waals surface area contributed by atoms with Gasteiger partial charge in [-0.15, -0.1) is 0 Å². The van der Waals surface area contributed by atoms with Gasteiger partial charge in [0.15, 0.2) is 11.6 Å². The van der Waals surface area contributed by atoms with Crippen LogP contribution in [0.4, 0.5) is 0 Å². The van der Waals surface area contributed by atoms with E-state index in [-0.39, 0.29) is 5.41 Å². The third-order valence-corrected chi connectivity index (χ3v) is 12.2. The fourth-order valence-electron chi connectivity index (χ4n) is 8.66. The van der Waals surface area contributed by atoms with Crippen LogP contribution in [0.2, 0.25) is 0 Å². The Kier molecular flexibility index (Phi) is 11.3. The Morgan fingerprint density at radius 3 is 1.34 bits per heavy atom. The summed E-state index contributed by atoms with van der Waals surface area (Å²) in [5.74, 6) is 1.39. The molecule has 0 aliphatic heterocycles. The highest BCUT2D eigenvalue weighted by Gasteiger charge is 2.31. The molecule has 2 aromatic heterocycles. The van der Waals surface area contributed by atoms with Crippen molar-refractivity contribution in [3.05, 3.63) is 217 Å². The van der Waals surface area contributed by atoms with Crippen molar-refractivity contribution in [2.75, 3.05) is 0 Å². The molecule has 9 rings (SSSR count). The quantitative estimate of drug-likeness (QED) is 0.123. The van der Waals surface area contributed by atoms with E-state index in [4.69, 9.17) is 19.9 Å². The lowest BCUT2D eigenvalue weighted by Gasteiger charge is -2.33. The van der Waals surface area contributed by atoms with Crippen molar-refractivity contribution in [3.8, 4) is 67.8 Å². The van der Waals surface area contributed by atoms with Crippen LogP contribution in [0.3, 0.4) is 0 Å². The molecule has 0 radical (unpaired) electrons. The standard InChI is InChI=1S/C58H48N4/c1-5-17-41-24-26-48(36-40(41)6-2)54-38-52(43-19-11-9-12-20-43)59-56(61-54)45-28-32-50(33-29-45)58(7-3,8-4)51-34-30-46(31-35-51)57-60-53(44-21-13-10-14-22-44)39-55(62-57)49-27-25-42-18-15-16-23-47(42)37-49/h5-6,9-39H,2,7-8H2,1,3-4H3/b17-5-. The molecule has 0 atom stereocenters. The van der Waals surface area contributed by atoms with Gasteiger partial charge >= 0.3 is 0 Å². The number of nitrogens with zero attached hydrogens (tertiary/aromatic N) is 4. The first-order chi connectivity index (χ1) is 30.5. The van der Waals surface area contributed by atoms with Crippen LogP contribution in [0.5, 0.6) is 0 Å². The first-order valence-corrected chi connectivity index (χ1v) is 21.5. The van der Waals surface area contributed by atoms with Crippen molar-refractivity contribution < 1.29 is 0 Å². The molecule has 0 saturated carbocycles. The Balaban J connectivity index is 1.06. The Morgan fingerprint density at radius 1 is 0.419 bits per heavy atom. The predicted molar refractivity (Wildman–Crippen MR) is 260 cm³/mol. The molecule has 4 nitrogen and oxygen atoms in total. The fourth-order valence-corrected chi connectivity index (χ4v) is 8.66. The van der Waals surface area contributed by atoms with Gasteiger partial charge in [-0.2, -0.15) is 0 Å². The normalized spacial score (nSPS) is 11.6. The van der Waals surface area contributed by atoms with Crippen LogP contribution in [0.15, 0.2) is 195 Å². The average Bonchev–Trinajstić information content (AvgIpc) is 3.35. The summed E-state index contributed by atoms with van der Waals surface area (Å²) in [5.41, 5.74) is 14.2. The van der Waals surface area contributed by atoms with E-state index in [2.05, 4.69) is 184 Å². The zero-order valence-electron chi connectivity index (χ0n) is 35.5. The van der Waals surface area contributed by atoms with Gasteiger partial charge in [0, 0.05) is 38.8 Å². The Labute approximate surface area is 365 Å². The molecule has 4 heteroatoms. The predicted octanol–water partition coefficient (Wildman–Crippen LogP) is 15.2. The number of fused-ring (bicyclic) bond motifs is 1. The first kappa shape index (κ1) is 39.9. The molecule has 9 aromatic rings. The van der Waals surface area contributed by atoms with E-state index in [0.29, 0.717) is 11.6 Å². The molecule has 300 valence electrons. The van der Waals surface area contributed by atoms with Gasteiger partial charge in [0.2, 0.25) is 0 Å². The maximum absolute atomic E-state index is 5.18. The van der Waals surface area contributed by atoms with Crippen LogP contribution < -0.4 is 0 Å². The zero-order chi connectivity index (χ0) is 42.5. The van der Waals surface area contributed by atoms with E-state index in [1.165, 1.54) is 21.9 Å². The van der Waals surface area contributed by atoms with Crippen molar-refractivity contribution in [1.29, 1.82) is 0 Å². The van der Waals surface area contributed by atoms with Crippen molar-refractivity contribution in [2.45, 2.75) is 39.0 Å². The number of aromatic nitrogens is 4. The number of hydrogen-bond donors (Lipinski definition) is 0. The summed E-state index contributed by atoms with van der Waals surface area (Å²) in [5, 5.41) is 2.39. The van der Waals surface area contributed by atoms with E-state index in [1.54, 1.807) is 0 Å². The minimum atomic E-state index is -0.201. The third-order valence-electron chi connectivity index (χ3n) is 12.2. The Bertz CT molecular complexity index is 3040. The molecule has 62 heavy (non-hydrogen) atoms. The second-order valence-electron chi connectivity index (χ2n) is 15.7. The van der Waals surface area contributed by atoms with Crippen LogP contribution in [0.25, 0.3) is 90.7 Å². The summed E-state index contributed by atoms with van der Waals surface area (Å²) in [4.78, 5) is 20.6. The molecule has 0 saturated heterocycles. The minimum absolute atomic E-state index is 0.201. The van der Waals surface area contributed by atoms with Crippen LogP contribution in [0.1, 0.15) is 55.9 Å². The lowest BCUT2D eigenvalue weighted by molar-refractivity contribution is 0.478. The van der Waals surface area contributed by atoms with Gasteiger partial charge in [-0.25, -0.2) is 19.9 Å². The third kappa shape index (κ3) is 7.91. The summed E-state index contributed by atoms with van der Waals surface area (Å²) in [7, 11) is 0. The van der Waals surface area contributed by atoms with Crippen LogP contribution >= 0.6 is 0 Å². The second kappa shape index (κ2) is 17.6. The zero-order valence-corrected chi connectivity index (χ0v) is 35.5. The van der Waals surface area contributed by atoms with Gasteiger partial charge in [0.25, 0.3) is 0 Å². The molecule has 0 N–H and O–H groups in total. The molecule has 0 unspecified atom stereocenters. The molecule has 0 aliphatic rings. The largest absolute Gasteiger partial charge is 0.228 e. The lowest BCUT2D eigenvalue weighted by atomic mass is 9.70. The second-order valence-corrected chi connectivity index (χ2v) is 15.7. The average molecular weight is 801 g/mol. The monoisotopic (exact) mass is 800 g/mol. The number of rotatable bonds is 12. The van der Waals surface area contributed by atoms with Crippen molar-refractivity contribution in [1.82, 2.24) is 19.9 Å². The molecule has 7 aromatic carbocycles. The van der Waals surface area contributed by atoms with E-state index in [9.17, 15) is 0 Å². The summed E-state index contributed by atoms with van der Waals surface area (Å²) < 4.78 is 0. The minimum Gasteiger partial charge on any atom is -0.228 e. The number of benzene rings is 7. The lowest BCUT2D eigenvalue weighted by Crippen LogP contribution is -2.26. The SMILES string of the molecule is C=Cc1cc(-c2cc(-c3ccccc3)nc(-c3ccc(C(CC)(CC)c4ccc(-c5nc(-c6ccccc6)cc(-c6ccc7ccccc7c6)n5)cc4)cc3)n2)ccc1/C=C\C. The van der Waals surface area contributed by atoms with Gasteiger partial charge in [0.1, 0.15) is 0 Å². The van der Waals surface area contributed by atoms with Crippen LogP contribution in [0, 0.1) is 0 Å². The van der Waals surface area contributed by atoms with Gasteiger partial charge < -0.3 is 0 Å². The van der Waals surface area contributed by atoms with Gasteiger partial charge in [-0.1, -0.05) is 196 Å². The number of hydrogen-bond acceptors (Lipinski definition) is 4. The molecule has 0 aliphatic carbocycles. The fraction of sp³-hybridized carbons (Fsp3) is 0.103. The number of allylic oxidation sites excluding steroid dienone is 1. The maximum Gasteiger partial charge on any atom is 0.160 e. The summed E-state index contributed by atoms with van der Waals surface area (Å²) >= 11 is 0. The van der Waals surface area contributed by atoms with E-state index in [0.717, 1.165) is 80.1 Å². The maximum atomic E-state index is 5.18. The smallest absolute Gasteiger partial charge is 0.160 e. The van der Waals surface area contributed by atoms with Crippen LogP contribution in [-0.2, 0) is 5.41 Å². The first-order valence-electron chi connectivity index (χ1n) is 21.5. The van der Waals surface area contributed by atoms with Crippen molar-refractivity contribution >= 4 is 22.9 Å². The summed E-state index contributed by atoms with van der Waals surface area (Å²) in [6, 6.07) is 64.1. The molecule has 0 amide bonds. The van der Waals surface area contributed by atoms with E-state index < -0.39 is 0 Å². The highest BCUT2D eigenvalue weighted by atomic mass is 14.9. The highest BCUT2D eigenvalue weighted by molar-refractivity contribution is 5.87. The summed E-state index contributed by atoms with van der Waals surface area (Å²) in [6.07, 6.45) is 7.93. The Hall–Kier alpha value is -7.56. The molecule has 2 heterocycles. The van der Waals surface area contributed by atoms with E-state index >= 15 is 0 Å². The summed E-state index contributed by atoms with van der Waals surface area (Å²) in [6.45, 7) is 10.7. The molecule has 0 fully saturated rings. The molecule has 0 spiro atoms. The van der Waals surface area contributed by atoms with Crippen molar-refractivity contribution in [2.24, 2.45) is 0 Å². The molecular weight excluding hydrogens is 753 g/mol. The van der Waals surface area contributed by atoms with Gasteiger partial charge in [-0.3, -0.25) is 0 Å². The molecule has 0 bridgehead atoms. The highest BCUT2D eigenvalue weighted by Crippen LogP contribution is 2.41. The van der Waals surface area contributed by atoms with Gasteiger partial charge in [0.05, 0.1) is 22.8 Å². The van der Waals surface area contributed by atoms with Crippen LogP contribution in [-0.4, -0.2) is 19.9 Å². The topological polar surface area (TPSA) is 51.6 Å². The van der Waals surface area contributed by atoms with E-state index in [1.807, 2.05) is 43.3 Å². The molecular formula is C58H48N4.